The number of nitrogens with zero attached hydrogens (tertiary/aromatic N) is 18. The van der Waals surface area contributed by atoms with Gasteiger partial charge in [0.25, 0.3) is 0 Å². The molecule has 125 heavy (non-hydrogen) atoms. The van der Waals surface area contributed by atoms with Crippen LogP contribution in [0.2, 0.25) is 0 Å². The number of fused-ring (bicyclic) bond motifs is 6. The van der Waals surface area contributed by atoms with Crippen LogP contribution in [0, 0.1) is 17.8 Å². The second-order valence-corrected chi connectivity index (χ2v) is 35.0. The van der Waals surface area contributed by atoms with Gasteiger partial charge >= 0.3 is 18.0 Å². The molecule has 3 aromatic heterocycles. The van der Waals surface area contributed by atoms with Crippen molar-refractivity contribution >= 4 is 84.6 Å². The average molecular weight is 1690 g/mol. The lowest BCUT2D eigenvalue weighted by Crippen LogP contribution is -2.49. The maximum atomic E-state index is 12.2. The van der Waals surface area contributed by atoms with Crippen molar-refractivity contribution in [3.63, 3.8) is 0 Å². The summed E-state index contributed by atoms with van der Waals surface area (Å²) >= 11 is 0. The number of hydrogen-bond acceptors (Lipinski definition) is 24. The minimum atomic E-state index is -0.0322. The number of piperazine rings is 3. The van der Waals surface area contributed by atoms with Crippen molar-refractivity contribution in [2.45, 2.75) is 83.6 Å². The quantitative estimate of drug-likeness (QED) is 0.0565. The third-order valence-electron chi connectivity index (χ3n) is 26.6. The predicted octanol–water partition coefficient (Wildman–Crippen LogP) is 11.3. The number of benzene rings is 7. The van der Waals surface area contributed by atoms with E-state index < -0.39 is 0 Å². The summed E-state index contributed by atoms with van der Waals surface area (Å²) in [7, 11) is 2.14. The second kappa shape index (κ2) is 37.6. The summed E-state index contributed by atoms with van der Waals surface area (Å²) in [4.78, 5) is 93.0. The third kappa shape index (κ3) is 19.2. The molecule has 7 fully saturated rings. The number of aromatic nitrogens is 6. The van der Waals surface area contributed by atoms with Gasteiger partial charge in [-0.2, -0.15) is 29.9 Å². The van der Waals surface area contributed by atoms with E-state index in [0.29, 0.717) is 154 Å². The summed E-state index contributed by atoms with van der Waals surface area (Å²) in [5, 5.41) is 37.8. The molecule has 3 N–H and O–H groups in total. The van der Waals surface area contributed by atoms with Gasteiger partial charge < -0.3 is 78.5 Å². The van der Waals surface area contributed by atoms with Crippen molar-refractivity contribution in [2.24, 2.45) is 17.8 Å². The van der Waals surface area contributed by atoms with Crippen molar-refractivity contribution in [3.8, 4) is 35.3 Å². The number of anilines is 6. The summed E-state index contributed by atoms with van der Waals surface area (Å²) < 4.78 is 18.9. The van der Waals surface area contributed by atoms with Gasteiger partial charge in [-0.15, -0.1) is 0 Å². The summed E-state index contributed by atoms with van der Waals surface area (Å²) in [6, 6.07) is 48.2. The zero-order chi connectivity index (χ0) is 85.6. The van der Waals surface area contributed by atoms with Crippen LogP contribution >= 0.6 is 0 Å². The third-order valence-corrected chi connectivity index (χ3v) is 26.6. The van der Waals surface area contributed by atoms with Crippen LogP contribution in [-0.4, -0.2) is 263 Å². The number of ether oxygens (including phenoxy) is 3. The smallest absolute Gasteiger partial charge is 0.318 e. The number of carbonyl (C=O) groups excluding carboxylic acids is 3. The van der Waals surface area contributed by atoms with Gasteiger partial charge in [0.15, 0.2) is 0 Å². The molecule has 0 radical (unpaired) electrons. The molecule has 7 aromatic carbocycles. The summed E-state index contributed by atoms with van der Waals surface area (Å²) in [5.41, 5.74) is 10.7. The zero-order valence-corrected chi connectivity index (χ0v) is 71.7. The SMILES string of the molecule is C=CC(=O)N1CCN(c2nc(OCC3CCN(C4CC4)C3)nc3c2CCN(c2cc(O)cc4ccccc24)C3)CC1.C=CC(=O)N1CCN(c2nc(OCC3CCN(Cc4ccccc4)C3)nc3c2CCN(c2cc(O)cc4ccccc24)C3)CC1.C=CC(=O)N1CCN(c2nc(OC[C@H]3CCN(C)C3)nc3c2CCN(c2cc(O)cc4ccccc24)C3)CC1. The molecule has 0 spiro atoms. The Morgan fingerprint density at radius 3 is 1.10 bits per heavy atom. The molecule has 9 aliphatic heterocycles. The lowest BCUT2D eigenvalue weighted by molar-refractivity contribution is -0.127. The molecule has 1 aliphatic carbocycles. The Morgan fingerprint density at radius 1 is 0.384 bits per heavy atom. The van der Waals surface area contributed by atoms with Crippen LogP contribution in [0.5, 0.6) is 35.3 Å². The largest absolute Gasteiger partial charge is 0.508 e. The number of phenolic OH excluding ortho intramolecular Hbond substituents is 3. The van der Waals surface area contributed by atoms with E-state index >= 15 is 0 Å². The van der Waals surface area contributed by atoms with Crippen molar-refractivity contribution < 1.29 is 43.9 Å². The summed E-state index contributed by atoms with van der Waals surface area (Å²) in [6.45, 7) is 32.3. The maximum absolute atomic E-state index is 12.2. The molecule has 10 aliphatic rings. The van der Waals surface area contributed by atoms with Crippen LogP contribution < -0.4 is 43.6 Å². The molecular formula is C98H114N18O9. The van der Waals surface area contributed by atoms with Crippen LogP contribution in [0.15, 0.2) is 177 Å². The number of hydrogen-bond donors (Lipinski definition) is 3. The molecule has 650 valence electrons. The van der Waals surface area contributed by atoms with E-state index in [-0.39, 0.29) is 35.0 Å². The van der Waals surface area contributed by atoms with E-state index in [2.05, 4.69) is 119 Å². The number of aromatic hydroxyl groups is 3. The topological polar surface area (TPSA) is 256 Å². The van der Waals surface area contributed by atoms with E-state index in [1.54, 1.807) is 6.07 Å². The van der Waals surface area contributed by atoms with Crippen LogP contribution in [0.25, 0.3) is 32.3 Å². The highest BCUT2D eigenvalue weighted by atomic mass is 16.5. The number of carbonyl (C=O) groups is 3. The first-order valence-corrected chi connectivity index (χ1v) is 44.7. The molecule has 6 saturated heterocycles. The number of likely N-dealkylation sites (tertiary alicyclic amines) is 3. The van der Waals surface area contributed by atoms with Crippen LogP contribution in [0.4, 0.5) is 34.5 Å². The van der Waals surface area contributed by atoms with Gasteiger partial charge in [-0.3, -0.25) is 24.2 Å². The fraction of sp³-hybridized carbons (Fsp3) is 0.418. The Bertz CT molecular complexity index is 5620. The number of phenols is 3. The lowest BCUT2D eigenvalue weighted by atomic mass is 10.0. The Hall–Kier alpha value is -12.3. The first kappa shape index (κ1) is 83.6. The van der Waals surface area contributed by atoms with E-state index in [4.69, 9.17) is 44.1 Å². The monoisotopic (exact) mass is 1690 g/mol. The van der Waals surface area contributed by atoms with Crippen molar-refractivity contribution in [2.75, 3.05) is 194 Å². The summed E-state index contributed by atoms with van der Waals surface area (Å²) in [5.74, 6) is 4.86. The highest BCUT2D eigenvalue weighted by Crippen LogP contribution is 2.42. The number of amides is 3. The van der Waals surface area contributed by atoms with Crippen LogP contribution in [0.1, 0.15) is 71.4 Å². The summed E-state index contributed by atoms with van der Waals surface area (Å²) in [6.07, 6.45) is 12.5. The molecule has 20 rings (SSSR count). The molecule has 27 nitrogen and oxygen atoms in total. The van der Waals surface area contributed by atoms with E-state index in [1.807, 2.05) is 99.6 Å². The van der Waals surface area contributed by atoms with E-state index in [1.165, 1.54) is 36.6 Å². The zero-order valence-electron chi connectivity index (χ0n) is 71.7. The minimum Gasteiger partial charge on any atom is -0.508 e. The van der Waals surface area contributed by atoms with Crippen molar-refractivity contribution in [1.82, 2.24) is 59.3 Å². The van der Waals surface area contributed by atoms with E-state index in [0.717, 1.165) is 211 Å². The molecule has 0 bridgehead atoms. The normalized spacial score (nSPS) is 19.9. The van der Waals surface area contributed by atoms with Crippen LogP contribution in [0.3, 0.4) is 0 Å². The van der Waals surface area contributed by atoms with Gasteiger partial charge in [0, 0.05) is 216 Å². The first-order valence-electron chi connectivity index (χ1n) is 44.7. The fourth-order valence-corrected chi connectivity index (χ4v) is 19.7. The average Bonchev–Trinajstić information content (AvgIpc) is 1.77. The molecular weight excluding hydrogens is 1570 g/mol. The molecule has 10 aromatic rings. The highest BCUT2D eigenvalue weighted by Gasteiger charge is 2.38. The second-order valence-electron chi connectivity index (χ2n) is 35.0. The predicted molar refractivity (Wildman–Crippen MR) is 489 cm³/mol. The molecule has 12 heterocycles. The van der Waals surface area contributed by atoms with Gasteiger partial charge in [-0.1, -0.05) is 123 Å². The van der Waals surface area contributed by atoms with Gasteiger partial charge in [-0.05, 0) is 136 Å². The Balaban J connectivity index is 0.000000128. The van der Waals surface area contributed by atoms with Gasteiger partial charge in [0.2, 0.25) is 17.7 Å². The van der Waals surface area contributed by atoms with Crippen molar-refractivity contribution in [3.05, 3.63) is 217 Å². The Morgan fingerprint density at radius 2 is 0.736 bits per heavy atom. The number of rotatable bonds is 21. The standard InChI is InChI=1S/C36H40N6O3.C32H38N6O3.C30H36N6O3/c1-2-34(44)40-16-18-41(19-17-40)35-31-13-15-42(33-21-29(43)20-28-10-6-7-11-30(28)33)24-32(31)37-36(38-35)45-25-27-12-14-39(23-27)22-26-8-4-3-5-9-26;1-2-30(40)35-13-15-36(16-14-35)31-27-10-12-38(29-18-25(39)17-23-5-3-4-6-26(23)29)20-28(27)33-32(34-31)41-21-22-9-11-37(19-22)24-7-8-24;1-3-28(38)34-12-14-35(15-13-34)29-25-9-11-36(27-17-23(37)16-22-6-4-5-7-24(22)27)19-26(25)31-30(32-29)39-20-21-8-10-33(2)18-21/h2-11,20-21,27,43H,1,12-19,22-25H2;2-6,17-18,22,24,39H,1,7-16,19-21H2;3-7,16-17,21,37H,1,8-15,18-20H2,2H3/t;;21-/m..0/s1. The Kier molecular flexibility index (Phi) is 25.1. The fourth-order valence-electron chi connectivity index (χ4n) is 19.7. The Labute approximate surface area is 731 Å². The van der Waals surface area contributed by atoms with E-state index in [9.17, 15) is 29.7 Å². The first-order chi connectivity index (χ1) is 61.1. The molecule has 2 unspecified atom stereocenters. The molecule has 3 atom stereocenters. The van der Waals surface area contributed by atoms with Gasteiger partial charge in [0.05, 0.1) is 56.5 Å². The lowest BCUT2D eigenvalue weighted by Gasteiger charge is -2.38. The molecule has 1 saturated carbocycles. The highest BCUT2D eigenvalue weighted by molar-refractivity contribution is 5.98. The minimum absolute atomic E-state index is 0.0239. The van der Waals surface area contributed by atoms with Crippen LogP contribution in [-0.2, 0) is 59.8 Å². The molecule has 27 heteroatoms. The van der Waals surface area contributed by atoms with Gasteiger partial charge in [-0.25, -0.2) is 0 Å². The maximum Gasteiger partial charge on any atom is 0.318 e. The van der Waals surface area contributed by atoms with Gasteiger partial charge in [0.1, 0.15) is 34.7 Å². The van der Waals surface area contributed by atoms with Crippen molar-refractivity contribution in [1.29, 1.82) is 0 Å². The molecule has 3 amide bonds.